The van der Waals surface area contributed by atoms with Crippen LogP contribution in [0.15, 0.2) is 18.3 Å². The number of carbonyl (C=O) groups is 2. The molecule has 0 aliphatic carbocycles. The van der Waals surface area contributed by atoms with E-state index in [-0.39, 0.29) is 29.7 Å². The number of amides is 2. The van der Waals surface area contributed by atoms with E-state index >= 15 is 0 Å². The number of alkyl halides is 1. The number of aromatic nitrogens is 1. The Hall–Kier alpha value is -3.38. The first-order chi connectivity index (χ1) is 16.4. The Morgan fingerprint density at radius 2 is 2.09 bits per heavy atom. The molecule has 2 fully saturated rings. The Kier molecular flexibility index (Phi) is 7.17. The third-order valence-electron chi connectivity index (χ3n) is 6.41. The van der Waals surface area contributed by atoms with Gasteiger partial charge in [-0.25, -0.2) is 9.37 Å². The van der Waals surface area contributed by atoms with E-state index in [1.54, 1.807) is 18.3 Å². The second-order valence-corrected chi connectivity index (χ2v) is 8.50. The van der Waals surface area contributed by atoms with Gasteiger partial charge in [0.25, 0.3) is 11.8 Å². The molecule has 2 aliphatic heterocycles. The quantitative estimate of drug-likeness (QED) is 0.628. The number of nitrogens with one attached hydrogen (secondary N) is 1. The van der Waals surface area contributed by atoms with Crippen molar-refractivity contribution in [3.8, 4) is 23.5 Å². The minimum atomic E-state index is -1.55. The van der Waals surface area contributed by atoms with Crippen LogP contribution in [0.25, 0.3) is 10.8 Å². The summed E-state index contributed by atoms with van der Waals surface area (Å²) in [5, 5.41) is 3.87. The van der Waals surface area contributed by atoms with Crippen molar-refractivity contribution in [2.24, 2.45) is 17.6 Å². The highest BCUT2D eigenvalue weighted by molar-refractivity contribution is 6.03. The van der Waals surface area contributed by atoms with Gasteiger partial charge in [0.05, 0.1) is 24.3 Å². The monoisotopic (exact) mass is 469 g/mol. The lowest BCUT2D eigenvalue weighted by Crippen LogP contribution is -2.34. The van der Waals surface area contributed by atoms with E-state index in [1.165, 1.54) is 7.11 Å². The topological polar surface area (TPSA) is 113 Å². The summed E-state index contributed by atoms with van der Waals surface area (Å²) in [6.07, 6.45) is 2.26. The van der Waals surface area contributed by atoms with Crippen molar-refractivity contribution in [2.45, 2.75) is 38.4 Å². The lowest BCUT2D eigenvalue weighted by molar-refractivity contribution is -0.123. The van der Waals surface area contributed by atoms with Crippen LogP contribution in [0.4, 0.5) is 4.39 Å². The van der Waals surface area contributed by atoms with Gasteiger partial charge in [0, 0.05) is 42.0 Å². The maximum atomic E-state index is 14.2. The number of rotatable bonds is 6. The normalized spacial score (nSPS) is 22.7. The largest absolute Gasteiger partial charge is 0.496 e. The maximum Gasteiger partial charge on any atom is 0.255 e. The number of pyridine rings is 1. The molecule has 2 amide bonds. The molecule has 0 saturated carbocycles. The van der Waals surface area contributed by atoms with Gasteiger partial charge >= 0.3 is 0 Å². The van der Waals surface area contributed by atoms with Crippen LogP contribution in [-0.2, 0) is 9.53 Å². The standard InChI is InChI=1S/C25H28FN3O5/c1-3-16-20(29-24(31)22(16)26)13-34-25-18-11-21(32-2)19(23(27)30)10-17(18)15(12-28-25)5-4-14-6-8-33-9-7-14/h10-12,14,16,20,22H,3,6-9,13H2,1-2H3,(H2,27,30)(H,29,31). The smallest absolute Gasteiger partial charge is 0.255 e. The number of carbonyl (C=O) groups excluding carboxylic acids is 2. The van der Waals surface area contributed by atoms with Crippen LogP contribution in [0, 0.1) is 23.7 Å². The van der Waals surface area contributed by atoms with Crippen LogP contribution < -0.4 is 20.5 Å². The fourth-order valence-electron chi connectivity index (χ4n) is 4.43. The third-order valence-corrected chi connectivity index (χ3v) is 6.41. The second-order valence-electron chi connectivity index (χ2n) is 8.50. The fraction of sp³-hybridized carbons (Fsp3) is 0.480. The van der Waals surface area contributed by atoms with E-state index < -0.39 is 29.9 Å². The summed E-state index contributed by atoms with van der Waals surface area (Å²) in [4.78, 5) is 28.2. The average Bonchev–Trinajstić information content (AvgIpc) is 3.13. The van der Waals surface area contributed by atoms with E-state index in [4.69, 9.17) is 19.9 Å². The van der Waals surface area contributed by atoms with Crippen molar-refractivity contribution >= 4 is 22.6 Å². The van der Waals surface area contributed by atoms with Crippen LogP contribution >= 0.6 is 0 Å². The minimum Gasteiger partial charge on any atom is -0.496 e. The summed E-state index contributed by atoms with van der Waals surface area (Å²) in [5.74, 6) is 5.52. The Morgan fingerprint density at radius 1 is 1.32 bits per heavy atom. The van der Waals surface area contributed by atoms with E-state index in [2.05, 4.69) is 22.1 Å². The number of benzene rings is 1. The van der Waals surface area contributed by atoms with Crippen molar-refractivity contribution in [1.29, 1.82) is 0 Å². The third kappa shape index (κ3) is 4.77. The molecular weight excluding hydrogens is 441 g/mol. The summed E-state index contributed by atoms with van der Waals surface area (Å²) in [7, 11) is 1.44. The van der Waals surface area contributed by atoms with E-state index in [9.17, 15) is 14.0 Å². The fourth-order valence-corrected chi connectivity index (χ4v) is 4.43. The Bertz CT molecular complexity index is 1150. The molecule has 1 aromatic carbocycles. The van der Waals surface area contributed by atoms with Gasteiger partial charge < -0.3 is 25.3 Å². The highest BCUT2D eigenvalue weighted by Gasteiger charge is 2.41. The first-order valence-electron chi connectivity index (χ1n) is 11.4. The molecule has 1 aromatic heterocycles. The van der Waals surface area contributed by atoms with Crippen molar-refractivity contribution in [3.63, 3.8) is 0 Å². The van der Waals surface area contributed by atoms with Crippen LogP contribution in [0.5, 0.6) is 11.6 Å². The number of methoxy groups -OCH3 is 1. The zero-order valence-corrected chi connectivity index (χ0v) is 19.2. The van der Waals surface area contributed by atoms with Gasteiger partial charge in [0.15, 0.2) is 6.17 Å². The molecule has 9 heteroatoms. The predicted octanol–water partition coefficient (Wildman–Crippen LogP) is 2.36. The molecule has 8 nitrogen and oxygen atoms in total. The van der Waals surface area contributed by atoms with Gasteiger partial charge in [-0.05, 0) is 31.4 Å². The van der Waals surface area contributed by atoms with Crippen LogP contribution in [-0.4, -0.2) is 55.9 Å². The SMILES string of the molecule is CCC1C(COc2ncc(C#CC3CCOCC3)c3cc(C(N)=O)c(OC)cc23)NC(=O)C1F. The summed E-state index contributed by atoms with van der Waals surface area (Å²) in [6.45, 7) is 3.26. The van der Waals surface area contributed by atoms with Gasteiger partial charge in [-0.1, -0.05) is 18.8 Å². The van der Waals surface area contributed by atoms with Crippen LogP contribution in [0.1, 0.15) is 42.1 Å². The summed E-state index contributed by atoms with van der Waals surface area (Å²) in [5.41, 5.74) is 6.41. The molecule has 0 bridgehead atoms. The molecule has 180 valence electrons. The molecule has 3 N–H and O–H groups in total. The maximum absolute atomic E-state index is 14.2. The Labute approximate surface area is 197 Å². The summed E-state index contributed by atoms with van der Waals surface area (Å²) < 4.78 is 30.9. The number of fused-ring (bicyclic) bond motifs is 1. The van der Waals surface area contributed by atoms with Gasteiger partial charge in [-0.2, -0.15) is 0 Å². The minimum absolute atomic E-state index is 0.0553. The molecule has 2 aliphatic rings. The van der Waals surface area contributed by atoms with Gasteiger partial charge in [0.1, 0.15) is 12.4 Å². The molecule has 3 atom stereocenters. The summed E-state index contributed by atoms with van der Waals surface area (Å²) >= 11 is 0. The molecule has 2 saturated heterocycles. The first-order valence-corrected chi connectivity index (χ1v) is 11.4. The first kappa shape index (κ1) is 23.8. The predicted molar refractivity (Wildman–Crippen MR) is 123 cm³/mol. The van der Waals surface area contributed by atoms with Crippen LogP contribution in [0.3, 0.4) is 0 Å². The Morgan fingerprint density at radius 3 is 2.76 bits per heavy atom. The molecule has 2 aromatic rings. The number of hydrogen-bond acceptors (Lipinski definition) is 6. The lowest BCUT2D eigenvalue weighted by atomic mass is 9.97. The number of ether oxygens (including phenoxy) is 3. The van der Waals surface area contributed by atoms with Crippen molar-refractivity contribution in [1.82, 2.24) is 10.3 Å². The van der Waals surface area contributed by atoms with Gasteiger partial charge in [0.2, 0.25) is 5.88 Å². The van der Waals surface area contributed by atoms with Gasteiger partial charge in [-0.15, -0.1) is 0 Å². The van der Waals surface area contributed by atoms with Crippen molar-refractivity contribution in [2.75, 3.05) is 26.9 Å². The highest BCUT2D eigenvalue weighted by atomic mass is 19.1. The number of nitrogens with zero attached hydrogens (tertiary/aromatic N) is 1. The molecule has 4 rings (SSSR count). The molecular formula is C25H28FN3O5. The van der Waals surface area contributed by atoms with Crippen molar-refractivity contribution in [3.05, 3.63) is 29.5 Å². The molecule has 3 heterocycles. The van der Waals surface area contributed by atoms with Crippen LogP contribution in [0.2, 0.25) is 0 Å². The summed E-state index contributed by atoms with van der Waals surface area (Å²) in [6, 6.07) is 2.80. The van der Waals surface area contributed by atoms with Gasteiger partial charge in [-0.3, -0.25) is 9.59 Å². The van der Waals surface area contributed by atoms with E-state index in [0.717, 1.165) is 12.8 Å². The second kappa shape index (κ2) is 10.3. The lowest BCUT2D eigenvalue weighted by Gasteiger charge is -2.19. The molecule has 34 heavy (non-hydrogen) atoms. The Balaban J connectivity index is 1.70. The average molecular weight is 470 g/mol. The number of primary amides is 1. The molecule has 3 unspecified atom stereocenters. The zero-order valence-electron chi connectivity index (χ0n) is 19.2. The van der Waals surface area contributed by atoms with E-state index in [1.807, 2.05) is 6.92 Å². The molecule has 0 spiro atoms. The highest BCUT2D eigenvalue weighted by Crippen LogP contribution is 2.33. The molecule has 0 radical (unpaired) electrons. The van der Waals surface area contributed by atoms with E-state index in [0.29, 0.717) is 36.0 Å². The zero-order chi connectivity index (χ0) is 24.2. The number of nitrogens with two attached hydrogens (primary N) is 1. The van der Waals surface area contributed by atoms with Crippen molar-refractivity contribution < 1.29 is 28.2 Å². The number of halogens is 1. The number of hydrogen-bond donors (Lipinski definition) is 2.